The molecule has 0 unspecified atom stereocenters. The maximum absolute atomic E-state index is 4.73. The van der Waals surface area contributed by atoms with E-state index in [1.54, 1.807) is 5.57 Å². The molecular formula is C23H42N2. The van der Waals surface area contributed by atoms with Crippen molar-refractivity contribution in [2.75, 3.05) is 0 Å². The van der Waals surface area contributed by atoms with Crippen LogP contribution in [0.1, 0.15) is 104 Å². The first-order valence-electron chi connectivity index (χ1n) is 10.7. The Balaban J connectivity index is 0.00000277. The fraction of sp³-hybridized carbons (Fsp3) is 0.739. The Morgan fingerprint density at radius 3 is 2.16 bits per heavy atom. The highest BCUT2D eigenvalue weighted by atomic mass is 14.9. The lowest BCUT2D eigenvalue weighted by Crippen LogP contribution is -2.10. The molecule has 0 fully saturated rings. The van der Waals surface area contributed by atoms with Crippen LogP contribution < -0.4 is 0 Å². The second-order valence-electron chi connectivity index (χ2n) is 6.54. The van der Waals surface area contributed by atoms with Gasteiger partial charge in [0.2, 0.25) is 0 Å². The van der Waals surface area contributed by atoms with Crippen molar-refractivity contribution in [2.24, 2.45) is 5.92 Å². The van der Waals surface area contributed by atoms with E-state index in [2.05, 4.69) is 38.8 Å². The second-order valence-corrected chi connectivity index (χ2v) is 6.54. The van der Waals surface area contributed by atoms with Gasteiger partial charge in [-0.05, 0) is 37.7 Å². The number of aryl methyl sites for hydroxylation is 1. The first kappa shape index (κ1) is 23.8. The van der Waals surface area contributed by atoms with E-state index in [0.717, 1.165) is 30.3 Å². The van der Waals surface area contributed by atoms with E-state index in [1.165, 1.54) is 51.4 Å². The predicted octanol–water partition coefficient (Wildman–Crippen LogP) is 7.33. The van der Waals surface area contributed by atoms with Crippen LogP contribution in [-0.2, 0) is 12.8 Å². The van der Waals surface area contributed by atoms with Gasteiger partial charge in [0.05, 0.1) is 0 Å². The van der Waals surface area contributed by atoms with Crippen LogP contribution in [0.3, 0.4) is 0 Å². The lowest BCUT2D eigenvalue weighted by Gasteiger charge is -2.20. The third-order valence-electron chi connectivity index (χ3n) is 4.52. The summed E-state index contributed by atoms with van der Waals surface area (Å²) < 4.78 is 0. The maximum Gasteiger partial charge on any atom is 0.132 e. The summed E-state index contributed by atoms with van der Waals surface area (Å²) in [6.07, 6.45) is 16.6. The van der Waals surface area contributed by atoms with E-state index >= 15 is 0 Å². The number of nitrogens with zero attached hydrogens (tertiary/aromatic N) is 2. The molecule has 0 spiro atoms. The van der Waals surface area contributed by atoms with E-state index in [0.29, 0.717) is 0 Å². The van der Waals surface area contributed by atoms with Gasteiger partial charge in [0.15, 0.2) is 0 Å². The fourth-order valence-electron chi connectivity index (χ4n) is 3.03. The molecule has 0 bridgehead atoms. The quantitative estimate of drug-likeness (QED) is 0.370. The number of rotatable bonds is 12. The molecule has 2 nitrogen and oxygen atoms in total. The van der Waals surface area contributed by atoms with Crippen molar-refractivity contribution in [3.8, 4) is 0 Å². The summed E-state index contributed by atoms with van der Waals surface area (Å²) in [4.78, 5) is 9.26. The Morgan fingerprint density at radius 1 is 1.00 bits per heavy atom. The van der Waals surface area contributed by atoms with Gasteiger partial charge in [-0.3, -0.25) is 0 Å². The molecule has 0 aromatic carbocycles. The molecule has 1 heterocycles. The Hall–Kier alpha value is -1.18. The van der Waals surface area contributed by atoms with Crippen LogP contribution >= 0.6 is 0 Å². The summed E-state index contributed by atoms with van der Waals surface area (Å²) in [5.41, 5.74) is 2.74. The molecule has 25 heavy (non-hydrogen) atoms. The van der Waals surface area contributed by atoms with Crippen LogP contribution in [0.4, 0.5) is 0 Å². The van der Waals surface area contributed by atoms with Crippen LogP contribution in [0.15, 0.2) is 23.9 Å². The molecule has 1 aromatic heterocycles. The molecule has 0 aliphatic heterocycles. The molecule has 144 valence electrons. The maximum atomic E-state index is 4.73. The molecule has 0 atom stereocenters. The molecule has 0 radical (unpaired) electrons. The molecule has 1 rings (SSSR count). The second kappa shape index (κ2) is 16.3. The van der Waals surface area contributed by atoms with E-state index in [9.17, 15) is 0 Å². The van der Waals surface area contributed by atoms with E-state index in [1.807, 2.05) is 26.1 Å². The van der Waals surface area contributed by atoms with E-state index in [4.69, 9.17) is 4.98 Å². The van der Waals surface area contributed by atoms with E-state index in [-0.39, 0.29) is 0 Å². The van der Waals surface area contributed by atoms with Crippen molar-refractivity contribution >= 4 is 0 Å². The summed E-state index contributed by atoms with van der Waals surface area (Å²) in [6.45, 7) is 13.0. The topological polar surface area (TPSA) is 25.8 Å². The molecule has 0 N–H and O–H groups in total. The van der Waals surface area contributed by atoms with Gasteiger partial charge in [0.25, 0.3) is 0 Å². The third kappa shape index (κ3) is 10.4. The number of hydrogen-bond acceptors (Lipinski definition) is 2. The van der Waals surface area contributed by atoms with Crippen molar-refractivity contribution in [1.82, 2.24) is 9.97 Å². The van der Waals surface area contributed by atoms with Gasteiger partial charge in [-0.25, -0.2) is 9.97 Å². The Kier molecular flexibility index (Phi) is 15.5. The zero-order valence-electron chi connectivity index (χ0n) is 17.8. The minimum absolute atomic E-state index is 0.718. The van der Waals surface area contributed by atoms with Gasteiger partial charge < -0.3 is 0 Å². The van der Waals surface area contributed by atoms with Crippen LogP contribution in [0.2, 0.25) is 0 Å². The van der Waals surface area contributed by atoms with Crippen LogP contribution in [0, 0.1) is 5.92 Å². The average molecular weight is 347 g/mol. The molecule has 0 saturated heterocycles. The summed E-state index contributed by atoms with van der Waals surface area (Å²) in [5.74, 6) is 1.72. The summed E-state index contributed by atoms with van der Waals surface area (Å²) in [6, 6.07) is 2.03. The molecule has 0 aliphatic rings. The van der Waals surface area contributed by atoms with Gasteiger partial charge >= 0.3 is 0 Å². The highest BCUT2D eigenvalue weighted by molar-refractivity contribution is 5.15. The van der Waals surface area contributed by atoms with Gasteiger partial charge in [-0.1, -0.05) is 85.3 Å². The van der Waals surface area contributed by atoms with Crippen molar-refractivity contribution in [3.63, 3.8) is 0 Å². The normalized spacial score (nSPS) is 11.4. The minimum atomic E-state index is 0.718. The molecule has 0 saturated carbocycles. The van der Waals surface area contributed by atoms with Gasteiger partial charge in [0, 0.05) is 18.3 Å². The summed E-state index contributed by atoms with van der Waals surface area (Å²) >= 11 is 0. The molecular weight excluding hydrogens is 304 g/mol. The molecule has 2 heteroatoms. The molecule has 0 amide bonds. The van der Waals surface area contributed by atoms with E-state index < -0.39 is 0 Å². The zero-order chi connectivity index (χ0) is 18.9. The average Bonchev–Trinajstić information content (AvgIpc) is 2.67. The Morgan fingerprint density at radius 2 is 1.64 bits per heavy atom. The Labute approximate surface area is 157 Å². The SMILES string of the molecule is CC.CCC/C=C(/Cc1nccc(CC)n1)C(CCCC)CCCC. The lowest BCUT2D eigenvalue weighted by molar-refractivity contribution is 0.465. The standard InChI is InChI=1S/C21H36N2.C2H6/c1-5-9-12-18(13-10-6-2)19(14-11-7-3)17-21-22-16-15-20(8-4)23-21;1-2/h14-16,18H,5-13,17H2,1-4H3;1-2H3/b19-14-;. The fourth-order valence-corrected chi connectivity index (χ4v) is 3.03. The van der Waals surface area contributed by atoms with Crippen LogP contribution in [-0.4, -0.2) is 9.97 Å². The van der Waals surface area contributed by atoms with Gasteiger partial charge in [0.1, 0.15) is 5.82 Å². The monoisotopic (exact) mass is 346 g/mol. The Bertz CT molecular complexity index is 443. The lowest BCUT2D eigenvalue weighted by atomic mass is 9.86. The summed E-state index contributed by atoms with van der Waals surface area (Å²) in [7, 11) is 0. The van der Waals surface area contributed by atoms with Gasteiger partial charge in [-0.2, -0.15) is 0 Å². The largest absolute Gasteiger partial charge is 0.241 e. The zero-order valence-corrected chi connectivity index (χ0v) is 17.8. The third-order valence-corrected chi connectivity index (χ3v) is 4.52. The highest BCUT2D eigenvalue weighted by Gasteiger charge is 2.15. The first-order valence-corrected chi connectivity index (χ1v) is 10.7. The van der Waals surface area contributed by atoms with Crippen molar-refractivity contribution < 1.29 is 0 Å². The number of hydrogen-bond donors (Lipinski definition) is 0. The summed E-state index contributed by atoms with van der Waals surface area (Å²) in [5, 5.41) is 0. The van der Waals surface area contributed by atoms with Crippen LogP contribution in [0.25, 0.3) is 0 Å². The van der Waals surface area contributed by atoms with Gasteiger partial charge in [-0.15, -0.1) is 0 Å². The first-order chi connectivity index (χ1) is 12.2. The smallest absolute Gasteiger partial charge is 0.132 e. The predicted molar refractivity (Wildman–Crippen MR) is 112 cm³/mol. The minimum Gasteiger partial charge on any atom is -0.241 e. The van der Waals surface area contributed by atoms with Crippen molar-refractivity contribution in [1.29, 1.82) is 0 Å². The molecule has 1 aromatic rings. The van der Waals surface area contributed by atoms with Crippen LogP contribution in [0.5, 0.6) is 0 Å². The number of unbranched alkanes of at least 4 members (excludes halogenated alkanes) is 3. The van der Waals surface area contributed by atoms with Crippen molar-refractivity contribution in [3.05, 3.63) is 35.4 Å². The van der Waals surface area contributed by atoms with Crippen molar-refractivity contribution in [2.45, 2.75) is 106 Å². The number of aromatic nitrogens is 2. The highest BCUT2D eigenvalue weighted by Crippen LogP contribution is 2.27. The number of allylic oxidation sites excluding steroid dienone is 2. The molecule has 0 aliphatic carbocycles.